The Labute approximate surface area is 256 Å². The molecule has 0 saturated heterocycles. The van der Waals surface area contributed by atoms with Crippen LogP contribution >= 0.6 is 11.8 Å². The SMILES string of the molecule is Cc1c2c(c(CC(C)(C)C)c3ccc(CC(C)C)cc13)Sc1cc3cc(CC4CCCC4)ccc3c3cc[n+](C)c-2c13. The topological polar surface area (TPSA) is 3.88 Å². The van der Waals surface area contributed by atoms with Gasteiger partial charge < -0.3 is 0 Å². The lowest BCUT2D eigenvalue weighted by atomic mass is 9.82. The van der Waals surface area contributed by atoms with Gasteiger partial charge in [-0.2, -0.15) is 0 Å². The number of rotatable bonds is 5. The molecule has 5 aromatic rings. The average Bonchev–Trinajstić information content (AvgIpc) is 3.44. The highest BCUT2D eigenvalue weighted by atomic mass is 32.2. The standard InChI is InChI=1S/C40H46NS/c1-24(2)18-27-13-15-31-33(21-27)25(3)36-38-37-32(16-17-41(38)7)30-14-12-28(19-26-10-8-9-11-26)20-29(30)22-35(37)42-39(36)34(31)23-40(4,5)6/h12-17,20-22,24,26H,8-11,18-19,23H2,1-7H3/q+1. The van der Waals surface area contributed by atoms with E-state index in [1.165, 1.54) is 108 Å². The van der Waals surface area contributed by atoms with Gasteiger partial charge in [-0.15, -0.1) is 0 Å². The van der Waals surface area contributed by atoms with Crippen molar-refractivity contribution in [3.63, 3.8) is 0 Å². The second-order valence-corrected chi connectivity index (χ2v) is 16.0. The van der Waals surface area contributed by atoms with Crippen LogP contribution in [-0.2, 0) is 26.3 Å². The number of pyridine rings is 1. The summed E-state index contributed by atoms with van der Waals surface area (Å²) in [6.45, 7) is 14.2. The third kappa shape index (κ3) is 4.84. The van der Waals surface area contributed by atoms with Gasteiger partial charge in [0.25, 0.3) is 0 Å². The van der Waals surface area contributed by atoms with Crippen molar-refractivity contribution >= 4 is 44.1 Å². The lowest BCUT2D eigenvalue weighted by Crippen LogP contribution is -2.32. The van der Waals surface area contributed by atoms with Crippen LogP contribution in [0.4, 0.5) is 0 Å². The van der Waals surface area contributed by atoms with E-state index in [-0.39, 0.29) is 5.41 Å². The molecule has 42 heavy (non-hydrogen) atoms. The van der Waals surface area contributed by atoms with Gasteiger partial charge in [-0.25, -0.2) is 4.57 Å². The van der Waals surface area contributed by atoms with Crippen LogP contribution in [-0.4, -0.2) is 0 Å². The zero-order valence-electron chi connectivity index (χ0n) is 26.7. The van der Waals surface area contributed by atoms with E-state index in [4.69, 9.17) is 0 Å². The average molecular weight is 573 g/mol. The molecule has 0 atom stereocenters. The van der Waals surface area contributed by atoms with Crippen LogP contribution < -0.4 is 4.57 Å². The fourth-order valence-electron chi connectivity index (χ4n) is 7.92. The quantitative estimate of drug-likeness (QED) is 0.147. The first-order valence-electron chi connectivity index (χ1n) is 16.2. The van der Waals surface area contributed by atoms with Crippen molar-refractivity contribution in [2.45, 2.75) is 96.3 Å². The molecule has 0 unspecified atom stereocenters. The molecule has 0 N–H and O–H groups in total. The molecule has 2 aliphatic rings. The highest BCUT2D eigenvalue weighted by Crippen LogP contribution is 2.53. The number of fused-ring (bicyclic) bond motifs is 5. The van der Waals surface area contributed by atoms with Gasteiger partial charge in [-0.05, 0) is 93.3 Å². The summed E-state index contributed by atoms with van der Waals surface area (Å²) in [5.41, 5.74) is 8.95. The van der Waals surface area contributed by atoms with Gasteiger partial charge in [0.2, 0.25) is 5.69 Å². The van der Waals surface area contributed by atoms with E-state index in [9.17, 15) is 0 Å². The van der Waals surface area contributed by atoms with Crippen molar-refractivity contribution in [2.75, 3.05) is 0 Å². The summed E-state index contributed by atoms with van der Waals surface area (Å²) in [6.07, 6.45) is 11.3. The number of aryl methyl sites for hydroxylation is 2. The maximum Gasteiger partial charge on any atom is 0.222 e. The number of hydrogen-bond donors (Lipinski definition) is 0. The summed E-state index contributed by atoms with van der Waals surface area (Å²) < 4.78 is 2.39. The van der Waals surface area contributed by atoms with Crippen LogP contribution in [0.2, 0.25) is 0 Å². The molecular formula is C40H46NS+. The number of nitrogens with zero attached hydrogens (tertiary/aromatic N) is 1. The minimum atomic E-state index is 0.195. The molecule has 0 radical (unpaired) electrons. The first-order chi connectivity index (χ1) is 20.1. The molecule has 216 valence electrons. The third-order valence-electron chi connectivity index (χ3n) is 9.75. The van der Waals surface area contributed by atoms with Gasteiger partial charge in [0.15, 0.2) is 6.20 Å². The summed E-state index contributed by atoms with van der Waals surface area (Å²) in [5, 5.41) is 8.49. The minimum absolute atomic E-state index is 0.195. The molecule has 1 aliphatic carbocycles. The Morgan fingerprint density at radius 3 is 2.36 bits per heavy atom. The zero-order valence-corrected chi connectivity index (χ0v) is 27.5. The van der Waals surface area contributed by atoms with E-state index >= 15 is 0 Å². The van der Waals surface area contributed by atoms with E-state index in [1.54, 1.807) is 0 Å². The van der Waals surface area contributed by atoms with Gasteiger partial charge >= 0.3 is 0 Å². The van der Waals surface area contributed by atoms with Gasteiger partial charge in [0.1, 0.15) is 7.05 Å². The Kier molecular flexibility index (Phi) is 6.93. The van der Waals surface area contributed by atoms with E-state index in [0.29, 0.717) is 5.92 Å². The summed E-state index contributed by atoms with van der Waals surface area (Å²) in [6, 6.07) is 19.5. The predicted molar refractivity (Wildman–Crippen MR) is 182 cm³/mol. The smallest absolute Gasteiger partial charge is 0.200 e. The molecule has 1 aromatic heterocycles. The van der Waals surface area contributed by atoms with Crippen molar-refractivity contribution < 1.29 is 4.57 Å². The lowest BCUT2D eigenvalue weighted by molar-refractivity contribution is -0.659. The fourth-order valence-corrected chi connectivity index (χ4v) is 9.30. The first kappa shape index (κ1) is 28.0. The van der Waals surface area contributed by atoms with Crippen LogP contribution in [0, 0.1) is 24.2 Å². The van der Waals surface area contributed by atoms with Crippen molar-refractivity contribution in [2.24, 2.45) is 24.3 Å². The minimum Gasteiger partial charge on any atom is -0.200 e. The highest BCUT2D eigenvalue weighted by Gasteiger charge is 2.33. The second kappa shape index (κ2) is 10.4. The van der Waals surface area contributed by atoms with E-state index in [0.717, 1.165) is 18.8 Å². The lowest BCUT2D eigenvalue weighted by Gasteiger charge is -2.28. The van der Waals surface area contributed by atoms with Crippen molar-refractivity contribution in [1.29, 1.82) is 0 Å². The second-order valence-electron chi connectivity index (χ2n) is 15.0. The Bertz CT molecular complexity index is 1860. The number of aromatic nitrogens is 1. The fraction of sp³-hybridized carbons (Fsp3) is 0.425. The summed E-state index contributed by atoms with van der Waals surface area (Å²) in [5.74, 6) is 1.51. The van der Waals surface area contributed by atoms with Crippen molar-refractivity contribution in [3.05, 3.63) is 77.0 Å². The van der Waals surface area contributed by atoms with Crippen molar-refractivity contribution in [3.8, 4) is 11.3 Å². The molecule has 4 aromatic carbocycles. The van der Waals surface area contributed by atoms with Crippen LogP contribution in [0.25, 0.3) is 43.6 Å². The van der Waals surface area contributed by atoms with Gasteiger partial charge in [-0.3, -0.25) is 0 Å². The molecule has 1 aliphatic heterocycles. The summed E-state index contributed by atoms with van der Waals surface area (Å²) in [4.78, 5) is 2.89. The van der Waals surface area contributed by atoms with E-state index in [2.05, 4.69) is 108 Å². The number of benzene rings is 4. The third-order valence-corrected chi connectivity index (χ3v) is 10.9. The molecule has 2 heterocycles. The van der Waals surface area contributed by atoms with Crippen LogP contribution in [0.5, 0.6) is 0 Å². The Hall–Kier alpha value is -2.84. The van der Waals surface area contributed by atoms with Gasteiger partial charge in [0, 0.05) is 21.2 Å². The largest absolute Gasteiger partial charge is 0.222 e. The van der Waals surface area contributed by atoms with E-state index in [1.807, 2.05) is 11.8 Å². The molecule has 1 saturated carbocycles. The highest BCUT2D eigenvalue weighted by molar-refractivity contribution is 8.00. The summed E-state index contributed by atoms with van der Waals surface area (Å²) >= 11 is 2.04. The zero-order chi connectivity index (χ0) is 29.3. The molecule has 7 rings (SSSR count). The van der Waals surface area contributed by atoms with Gasteiger partial charge in [0.05, 0.1) is 10.9 Å². The summed E-state index contributed by atoms with van der Waals surface area (Å²) in [7, 11) is 2.25. The number of hydrogen-bond acceptors (Lipinski definition) is 1. The Morgan fingerprint density at radius 1 is 0.881 bits per heavy atom. The van der Waals surface area contributed by atoms with Crippen LogP contribution in [0.3, 0.4) is 0 Å². The Morgan fingerprint density at radius 2 is 1.62 bits per heavy atom. The van der Waals surface area contributed by atoms with Crippen LogP contribution in [0.1, 0.15) is 82.6 Å². The molecular weight excluding hydrogens is 527 g/mol. The van der Waals surface area contributed by atoms with Crippen molar-refractivity contribution in [1.82, 2.24) is 0 Å². The normalized spacial score (nSPS) is 15.4. The Balaban J connectivity index is 1.50. The van der Waals surface area contributed by atoms with Gasteiger partial charge in [-0.1, -0.05) is 108 Å². The maximum atomic E-state index is 2.51. The predicted octanol–water partition coefficient (Wildman–Crippen LogP) is 10.9. The molecule has 0 bridgehead atoms. The maximum absolute atomic E-state index is 2.51. The monoisotopic (exact) mass is 572 g/mol. The molecule has 0 spiro atoms. The molecule has 1 nitrogen and oxygen atoms in total. The van der Waals surface area contributed by atoms with E-state index < -0.39 is 0 Å². The molecule has 1 fully saturated rings. The van der Waals surface area contributed by atoms with Crippen LogP contribution in [0.15, 0.2) is 64.5 Å². The molecule has 0 amide bonds. The molecule has 2 heteroatoms. The first-order valence-corrected chi connectivity index (χ1v) is 17.0.